The quantitative estimate of drug-likeness (QED) is 0.812. The number of benzene rings is 1. The van der Waals surface area contributed by atoms with Gasteiger partial charge < -0.3 is 15.1 Å². The van der Waals surface area contributed by atoms with Crippen molar-refractivity contribution < 1.29 is 14.0 Å². The Morgan fingerprint density at radius 3 is 2.18 bits per heavy atom. The fourth-order valence-corrected chi connectivity index (χ4v) is 6.04. The van der Waals surface area contributed by atoms with Crippen LogP contribution in [0.25, 0.3) is 0 Å². The Bertz CT molecular complexity index is 834. The van der Waals surface area contributed by atoms with Gasteiger partial charge in [-0.1, -0.05) is 0 Å². The molecule has 4 aliphatic rings. The summed E-state index contributed by atoms with van der Waals surface area (Å²) in [5.74, 6) is 2.98. The van der Waals surface area contributed by atoms with Crippen LogP contribution in [-0.2, 0) is 11.3 Å². The zero-order chi connectivity index (χ0) is 19.1. The van der Waals surface area contributed by atoms with E-state index in [9.17, 15) is 9.59 Å². The Morgan fingerprint density at radius 1 is 0.964 bits per heavy atom. The molecule has 1 aromatic carbocycles. The third-order valence-corrected chi connectivity index (χ3v) is 6.93. The van der Waals surface area contributed by atoms with Crippen molar-refractivity contribution in [1.29, 1.82) is 0 Å². The number of anilines is 1. The highest BCUT2D eigenvalue weighted by Gasteiger charge is 2.54. The van der Waals surface area contributed by atoms with E-state index in [1.807, 2.05) is 18.2 Å². The number of furan rings is 1. The molecule has 4 saturated carbocycles. The van der Waals surface area contributed by atoms with Crippen molar-refractivity contribution in [2.45, 2.75) is 45.1 Å². The number of carbonyl (C=O) groups excluding carboxylic acids is 2. The van der Waals surface area contributed by atoms with Crippen LogP contribution in [0.2, 0.25) is 0 Å². The molecule has 0 aliphatic heterocycles. The predicted octanol–water partition coefficient (Wildman–Crippen LogP) is 4.36. The van der Waals surface area contributed by atoms with Crippen LogP contribution < -0.4 is 10.6 Å². The van der Waals surface area contributed by atoms with Crippen molar-refractivity contribution in [3.8, 4) is 0 Å². The van der Waals surface area contributed by atoms with Gasteiger partial charge >= 0.3 is 0 Å². The van der Waals surface area contributed by atoms with Gasteiger partial charge in [-0.3, -0.25) is 9.59 Å². The summed E-state index contributed by atoms with van der Waals surface area (Å²) < 4.78 is 5.22. The Hall–Kier alpha value is -2.56. The summed E-state index contributed by atoms with van der Waals surface area (Å²) in [5, 5.41) is 5.96. The molecule has 2 aromatic rings. The largest absolute Gasteiger partial charge is 0.467 e. The van der Waals surface area contributed by atoms with Gasteiger partial charge in [0.2, 0.25) is 5.91 Å². The van der Waals surface area contributed by atoms with E-state index < -0.39 is 0 Å². The molecule has 4 bridgehead atoms. The minimum absolute atomic E-state index is 0.157. The first-order valence-corrected chi connectivity index (χ1v) is 10.3. The van der Waals surface area contributed by atoms with Crippen molar-refractivity contribution in [2.24, 2.45) is 23.2 Å². The molecule has 0 atom stereocenters. The number of nitrogens with one attached hydrogen (secondary N) is 2. The van der Waals surface area contributed by atoms with E-state index in [0.717, 1.165) is 42.7 Å². The van der Waals surface area contributed by atoms with Crippen LogP contribution in [0.3, 0.4) is 0 Å². The number of rotatable bonds is 5. The van der Waals surface area contributed by atoms with Crippen molar-refractivity contribution in [3.05, 3.63) is 54.0 Å². The first-order chi connectivity index (χ1) is 13.6. The maximum absolute atomic E-state index is 13.1. The van der Waals surface area contributed by atoms with E-state index >= 15 is 0 Å². The molecule has 1 aromatic heterocycles. The fraction of sp³-hybridized carbons (Fsp3) is 0.478. The smallest absolute Gasteiger partial charge is 0.251 e. The van der Waals surface area contributed by atoms with Gasteiger partial charge in [-0.05, 0) is 92.7 Å². The van der Waals surface area contributed by atoms with Crippen LogP contribution in [0, 0.1) is 23.2 Å². The van der Waals surface area contributed by atoms with Gasteiger partial charge in [0.25, 0.3) is 5.91 Å². The van der Waals surface area contributed by atoms with Crippen LogP contribution >= 0.6 is 0 Å². The third kappa shape index (κ3) is 3.23. The highest BCUT2D eigenvalue weighted by Crippen LogP contribution is 2.60. The average Bonchev–Trinajstić information content (AvgIpc) is 3.19. The summed E-state index contributed by atoms with van der Waals surface area (Å²) >= 11 is 0. The maximum Gasteiger partial charge on any atom is 0.251 e. The van der Waals surface area contributed by atoms with E-state index in [2.05, 4.69) is 10.6 Å². The molecule has 6 rings (SSSR count). The molecule has 2 amide bonds. The Morgan fingerprint density at radius 2 is 1.61 bits per heavy atom. The summed E-state index contributed by atoms with van der Waals surface area (Å²) in [4.78, 5) is 25.4. The van der Waals surface area contributed by atoms with Gasteiger partial charge in [0.15, 0.2) is 0 Å². The zero-order valence-corrected chi connectivity index (χ0v) is 15.9. The second kappa shape index (κ2) is 6.80. The lowest BCUT2D eigenvalue weighted by molar-refractivity contribution is -0.140. The first-order valence-electron chi connectivity index (χ1n) is 10.3. The Balaban J connectivity index is 1.21. The van der Waals surface area contributed by atoms with E-state index in [4.69, 9.17) is 4.42 Å². The molecular weight excluding hydrogens is 352 g/mol. The monoisotopic (exact) mass is 378 g/mol. The minimum atomic E-state index is -0.159. The SMILES string of the molecule is O=C(NCc1ccco1)c1ccc(NC(=O)C23CC4CC(CC(C4)C2)C3)cc1. The van der Waals surface area contributed by atoms with E-state index in [1.54, 1.807) is 24.5 Å². The summed E-state index contributed by atoms with van der Waals surface area (Å²) in [6.07, 6.45) is 8.73. The van der Waals surface area contributed by atoms with Crippen molar-refractivity contribution >= 4 is 17.5 Å². The van der Waals surface area contributed by atoms with Gasteiger partial charge in [0.05, 0.1) is 18.2 Å². The van der Waals surface area contributed by atoms with Gasteiger partial charge in [-0.25, -0.2) is 0 Å². The van der Waals surface area contributed by atoms with Crippen LogP contribution in [0.1, 0.15) is 54.6 Å². The third-order valence-electron chi connectivity index (χ3n) is 6.93. The number of hydrogen-bond acceptors (Lipinski definition) is 3. The van der Waals surface area contributed by atoms with E-state index in [0.29, 0.717) is 17.9 Å². The predicted molar refractivity (Wildman–Crippen MR) is 106 cm³/mol. The molecule has 0 spiro atoms. The molecule has 4 aliphatic carbocycles. The van der Waals surface area contributed by atoms with Gasteiger partial charge in [-0.15, -0.1) is 0 Å². The lowest BCUT2D eigenvalue weighted by Crippen LogP contribution is -2.51. The molecule has 0 radical (unpaired) electrons. The second-order valence-corrected chi connectivity index (χ2v) is 8.99. The van der Waals surface area contributed by atoms with Crippen molar-refractivity contribution in [1.82, 2.24) is 5.32 Å². The zero-order valence-electron chi connectivity index (χ0n) is 15.9. The van der Waals surface area contributed by atoms with Crippen LogP contribution in [-0.4, -0.2) is 11.8 Å². The van der Waals surface area contributed by atoms with Gasteiger partial charge in [0.1, 0.15) is 5.76 Å². The van der Waals surface area contributed by atoms with Crippen LogP contribution in [0.5, 0.6) is 0 Å². The summed E-state index contributed by atoms with van der Waals surface area (Å²) in [5.41, 5.74) is 1.18. The van der Waals surface area contributed by atoms with Crippen LogP contribution in [0.15, 0.2) is 47.1 Å². The van der Waals surface area contributed by atoms with Crippen LogP contribution in [0.4, 0.5) is 5.69 Å². The standard InChI is InChI=1S/C23H26N2O3/c26-21(24-14-20-2-1-7-28-20)18-3-5-19(6-4-18)25-22(27)23-11-15-8-16(12-23)10-17(9-15)13-23/h1-7,15-17H,8-14H2,(H,24,26)(H,25,27). The molecule has 5 nitrogen and oxygen atoms in total. The molecular formula is C23H26N2O3. The summed E-state index contributed by atoms with van der Waals surface area (Å²) in [6.45, 7) is 0.357. The molecule has 0 saturated heterocycles. The molecule has 28 heavy (non-hydrogen) atoms. The molecule has 5 heteroatoms. The van der Waals surface area contributed by atoms with Gasteiger partial charge in [-0.2, -0.15) is 0 Å². The second-order valence-electron chi connectivity index (χ2n) is 8.99. The van der Waals surface area contributed by atoms with Crippen molar-refractivity contribution in [2.75, 3.05) is 5.32 Å². The highest BCUT2D eigenvalue weighted by molar-refractivity contribution is 5.97. The number of carbonyl (C=O) groups is 2. The molecule has 146 valence electrons. The number of hydrogen-bond donors (Lipinski definition) is 2. The first kappa shape index (κ1) is 17.5. The lowest BCUT2D eigenvalue weighted by Gasteiger charge is -2.55. The fourth-order valence-electron chi connectivity index (χ4n) is 6.04. The summed E-state index contributed by atoms with van der Waals surface area (Å²) in [6, 6.07) is 10.8. The minimum Gasteiger partial charge on any atom is -0.467 e. The maximum atomic E-state index is 13.1. The molecule has 1 heterocycles. The van der Waals surface area contributed by atoms with Gasteiger partial charge in [0, 0.05) is 11.3 Å². The van der Waals surface area contributed by atoms with E-state index in [1.165, 1.54) is 19.3 Å². The molecule has 4 fully saturated rings. The Kier molecular flexibility index (Phi) is 4.26. The highest BCUT2D eigenvalue weighted by atomic mass is 16.3. The number of amides is 2. The molecule has 0 unspecified atom stereocenters. The van der Waals surface area contributed by atoms with Crippen molar-refractivity contribution in [3.63, 3.8) is 0 Å². The summed E-state index contributed by atoms with van der Waals surface area (Å²) in [7, 11) is 0. The van der Waals surface area contributed by atoms with E-state index in [-0.39, 0.29) is 17.2 Å². The average molecular weight is 378 g/mol. The molecule has 2 N–H and O–H groups in total. The lowest BCUT2D eigenvalue weighted by atomic mass is 9.49. The Labute approximate surface area is 164 Å². The topological polar surface area (TPSA) is 71.3 Å². The normalized spacial score (nSPS) is 30.2.